The van der Waals surface area contributed by atoms with Gasteiger partial charge in [0.15, 0.2) is 0 Å². The lowest BCUT2D eigenvalue weighted by Crippen LogP contribution is -2.10. The smallest absolute Gasteiger partial charge is 0.339 e. The zero-order valence-corrected chi connectivity index (χ0v) is 11.2. The Morgan fingerprint density at radius 3 is 2.72 bits per heavy atom. The van der Waals surface area contributed by atoms with E-state index >= 15 is 0 Å². The van der Waals surface area contributed by atoms with Gasteiger partial charge in [-0.1, -0.05) is 13.3 Å². The summed E-state index contributed by atoms with van der Waals surface area (Å²) in [5, 5.41) is 12.3. The molecule has 0 saturated carbocycles. The third-order valence-corrected chi connectivity index (χ3v) is 2.43. The van der Waals surface area contributed by atoms with Crippen molar-refractivity contribution in [2.24, 2.45) is 0 Å². The Labute approximate surface area is 108 Å². The molecular weight excluding hydrogens is 230 g/mol. The molecule has 0 aromatic heterocycles. The molecule has 1 rings (SSSR count). The number of carboxylic acids is 1. The van der Waals surface area contributed by atoms with Crippen LogP contribution in [0.3, 0.4) is 0 Å². The normalized spacial score (nSPS) is 10.4. The lowest BCUT2D eigenvalue weighted by molar-refractivity contribution is 0.0690. The molecule has 0 fully saturated rings. The highest BCUT2D eigenvalue weighted by Crippen LogP contribution is 2.24. The summed E-state index contributed by atoms with van der Waals surface area (Å²) in [6.07, 6.45) is 2.16. The maximum absolute atomic E-state index is 11.1. The summed E-state index contributed by atoms with van der Waals surface area (Å²) in [5.74, 6) is -0.551. The molecule has 0 aliphatic heterocycles. The first-order valence-electron chi connectivity index (χ1n) is 6.32. The second-order valence-electron chi connectivity index (χ2n) is 4.46. The zero-order valence-electron chi connectivity index (χ0n) is 11.2. The summed E-state index contributed by atoms with van der Waals surface area (Å²) in [6.45, 7) is 6.76. The summed E-state index contributed by atoms with van der Waals surface area (Å²) in [7, 11) is 0. The van der Waals surface area contributed by atoms with E-state index in [1.54, 1.807) is 18.2 Å². The number of hydrogen-bond donors (Lipinski definition) is 2. The molecule has 100 valence electrons. The maximum Gasteiger partial charge on any atom is 0.339 e. The number of ether oxygens (including phenoxy) is 1. The second-order valence-corrected chi connectivity index (χ2v) is 4.46. The van der Waals surface area contributed by atoms with Gasteiger partial charge in [0, 0.05) is 18.3 Å². The molecule has 0 heterocycles. The van der Waals surface area contributed by atoms with E-state index in [0.717, 1.165) is 25.1 Å². The number of aromatic carboxylic acids is 1. The van der Waals surface area contributed by atoms with Gasteiger partial charge in [-0.15, -0.1) is 0 Å². The van der Waals surface area contributed by atoms with Gasteiger partial charge < -0.3 is 15.2 Å². The Balaban J connectivity index is 2.87. The minimum atomic E-state index is -0.967. The fourth-order valence-corrected chi connectivity index (χ4v) is 1.57. The van der Waals surface area contributed by atoms with Crippen LogP contribution in [0.15, 0.2) is 18.2 Å². The Bertz CT molecular complexity index is 402. The summed E-state index contributed by atoms with van der Waals surface area (Å²) in [6, 6.07) is 5.10. The van der Waals surface area contributed by atoms with Crippen LogP contribution in [0, 0.1) is 0 Å². The first kappa shape index (κ1) is 14.4. The minimum Gasteiger partial charge on any atom is -0.490 e. The van der Waals surface area contributed by atoms with E-state index in [1.165, 1.54) is 0 Å². The van der Waals surface area contributed by atoms with Gasteiger partial charge in [-0.2, -0.15) is 0 Å². The van der Waals surface area contributed by atoms with Gasteiger partial charge in [-0.3, -0.25) is 0 Å². The number of anilines is 1. The van der Waals surface area contributed by atoms with Crippen molar-refractivity contribution in [2.45, 2.75) is 39.7 Å². The van der Waals surface area contributed by atoms with E-state index in [0.29, 0.717) is 5.75 Å². The van der Waals surface area contributed by atoms with Crippen molar-refractivity contribution in [1.29, 1.82) is 0 Å². The standard InChI is InChI=1S/C14H21NO3/c1-4-5-8-15-11-6-7-12(14(16)17)13(9-11)18-10(2)3/h6-7,9-10,15H,4-5,8H2,1-3H3,(H,16,17). The van der Waals surface area contributed by atoms with Crippen molar-refractivity contribution in [3.05, 3.63) is 23.8 Å². The number of hydrogen-bond acceptors (Lipinski definition) is 3. The summed E-state index contributed by atoms with van der Waals surface area (Å²) >= 11 is 0. The van der Waals surface area contributed by atoms with Gasteiger partial charge in [0.05, 0.1) is 6.10 Å². The molecule has 0 aliphatic carbocycles. The van der Waals surface area contributed by atoms with Crippen molar-refractivity contribution >= 4 is 11.7 Å². The zero-order chi connectivity index (χ0) is 13.5. The molecule has 2 N–H and O–H groups in total. The lowest BCUT2D eigenvalue weighted by Gasteiger charge is -2.14. The van der Waals surface area contributed by atoms with Crippen LogP contribution in [-0.2, 0) is 0 Å². The highest BCUT2D eigenvalue weighted by molar-refractivity contribution is 5.91. The monoisotopic (exact) mass is 251 g/mol. The van der Waals surface area contributed by atoms with E-state index in [1.807, 2.05) is 13.8 Å². The van der Waals surface area contributed by atoms with Crippen LogP contribution < -0.4 is 10.1 Å². The number of carbonyl (C=O) groups is 1. The number of unbranched alkanes of at least 4 members (excludes halogenated alkanes) is 1. The van der Waals surface area contributed by atoms with Crippen molar-refractivity contribution in [2.75, 3.05) is 11.9 Å². The third-order valence-electron chi connectivity index (χ3n) is 2.43. The number of nitrogens with one attached hydrogen (secondary N) is 1. The fourth-order valence-electron chi connectivity index (χ4n) is 1.57. The van der Waals surface area contributed by atoms with Crippen LogP contribution in [-0.4, -0.2) is 23.7 Å². The molecule has 4 heteroatoms. The van der Waals surface area contributed by atoms with E-state index in [9.17, 15) is 4.79 Å². The molecule has 0 saturated heterocycles. The molecule has 18 heavy (non-hydrogen) atoms. The van der Waals surface area contributed by atoms with Gasteiger partial charge in [0.1, 0.15) is 11.3 Å². The Morgan fingerprint density at radius 1 is 1.44 bits per heavy atom. The van der Waals surface area contributed by atoms with Crippen LogP contribution in [0.2, 0.25) is 0 Å². The quantitative estimate of drug-likeness (QED) is 0.729. The van der Waals surface area contributed by atoms with Crippen molar-refractivity contribution in [3.8, 4) is 5.75 Å². The van der Waals surface area contributed by atoms with Crippen LogP contribution in [0.4, 0.5) is 5.69 Å². The van der Waals surface area contributed by atoms with Crippen molar-refractivity contribution in [1.82, 2.24) is 0 Å². The highest BCUT2D eigenvalue weighted by atomic mass is 16.5. The molecular formula is C14H21NO3. The Kier molecular flexibility index (Phi) is 5.49. The predicted octanol–water partition coefficient (Wildman–Crippen LogP) is 3.38. The van der Waals surface area contributed by atoms with Crippen molar-refractivity contribution < 1.29 is 14.6 Å². The average molecular weight is 251 g/mol. The molecule has 0 radical (unpaired) electrons. The van der Waals surface area contributed by atoms with E-state index < -0.39 is 5.97 Å². The molecule has 4 nitrogen and oxygen atoms in total. The molecule has 1 aromatic rings. The topological polar surface area (TPSA) is 58.6 Å². The van der Waals surface area contributed by atoms with Gasteiger partial charge in [0.2, 0.25) is 0 Å². The molecule has 0 amide bonds. The average Bonchev–Trinajstić information content (AvgIpc) is 2.28. The summed E-state index contributed by atoms with van der Waals surface area (Å²) < 4.78 is 5.53. The summed E-state index contributed by atoms with van der Waals surface area (Å²) in [4.78, 5) is 11.1. The fraction of sp³-hybridized carbons (Fsp3) is 0.500. The van der Waals surface area contributed by atoms with E-state index in [-0.39, 0.29) is 11.7 Å². The SMILES string of the molecule is CCCCNc1ccc(C(=O)O)c(OC(C)C)c1. The highest BCUT2D eigenvalue weighted by Gasteiger charge is 2.13. The molecule has 0 atom stereocenters. The molecule has 0 bridgehead atoms. The molecule has 1 aromatic carbocycles. The Hall–Kier alpha value is -1.71. The van der Waals surface area contributed by atoms with Gasteiger partial charge >= 0.3 is 5.97 Å². The molecule has 0 spiro atoms. The minimum absolute atomic E-state index is 0.0472. The number of benzene rings is 1. The largest absolute Gasteiger partial charge is 0.490 e. The van der Waals surface area contributed by atoms with Crippen LogP contribution in [0.1, 0.15) is 44.0 Å². The van der Waals surface area contributed by atoms with Crippen molar-refractivity contribution in [3.63, 3.8) is 0 Å². The number of carboxylic acid groups (broad SMARTS) is 1. The van der Waals surface area contributed by atoms with Crippen LogP contribution in [0.25, 0.3) is 0 Å². The summed E-state index contributed by atoms with van der Waals surface area (Å²) in [5.41, 5.74) is 1.09. The van der Waals surface area contributed by atoms with E-state index in [4.69, 9.17) is 9.84 Å². The maximum atomic E-state index is 11.1. The first-order chi connectivity index (χ1) is 8.54. The predicted molar refractivity (Wildman–Crippen MR) is 72.6 cm³/mol. The third kappa shape index (κ3) is 4.28. The molecule has 0 aliphatic rings. The number of rotatable bonds is 7. The van der Waals surface area contributed by atoms with Crippen LogP contribution >= 0.6 is 0 Å². The second kappa shape index (κ2) is 6.89. The lowest BCUT2D eigenvalue weighted by atomic mass is 10.1. The van der Waals surface area contributed by atoms with Gasteiger partial charge in [0.25, 0.3) is 0 Å². The van der Waals surface area contributed by atoms with Crippen LogP contribution in [0.5, 0.6) is 5.75 Å². The van der Waals surface area contributed by atoms with Gasteiger partial charge in [-0.05, 0) is 32.4 Å². The first-order valence-corrected chi connectivity index (χ1v) is 6.32. The van der Waals surface area contributed by atoms with E-state index in [2.05, 4.69) is 12.2 Å². The van der Waals surface area contributed by atoms with Gasteiger partial charge in [-0.25, -0.2) is 4.79 Å². The molecule has 0 unspecified atom stereocenters. The Morgan fingerprint density at radius 2 is 2.17 bits per heavy atom.